The van der Waals surface area contributed by atoms with Gasteiger partial charge in [0.15, 0.2) is 0 Å². The number of fused-ring (bicyclic) bond motifs is 1. The van der Waals surface area contributed by atoms with Gasteiger partial charge in [-0.05, 0) is 31.2 Å². The smallest absolute Gasteiger partial charge is 0.123 e. The maximum atomic E-state index is 9.60. The second-order valence-corrected chi connectivity index (χ2v) is 6.14. The van der Waals surface area contributed by atoms with E-state index in [4.69, 9.17) is 9.15 Å². The largest absolute Gasteiger partial charge is 0.465 e. The maximum absolute atomic E-state index is 9.60. The quantitative estimate of drug-likeness (QED) is 0.743. The van der Waals surface area contributed by atoms with Crippen molar-refractivity contribution in [3.63, 3.8) is 0 Å². The minimum Gasteiger partial charge on any atom is -0.465 e. The monoisotopic (exact) mass is 321 g/mol. The molecule has 1 saturated heterocycles. The Morgan fingerprint density at radius 2 is 2.21 bits per heavy atom. The molecule has 0 bridgehead atoms. The molecule has 3 aromatic rings. The Labute approximate surface area is 140 Å². The van der Waals surface area contributed by atoms with E-state index in [1.807, 2.05) is 54.0 Å². The minimum absolute atomic E-state index is 0.0852. The van der Waals surface area contributed by atoms with Crippen molar-refractivity contribution in [1.29, 1.82) is 5.26 Å². The third-order valence-corrected chi connectivity index (χ3v) is 4.58. The van der Waals surface area contributed by atoms with Gasteiger partial charge in [-0.15, -0.1) is 0 Å². The minimum atomic E-state index is 0.0852. The summed E-state index contributed by atoms with van der Waals surface area (Å²) in [5.41, 5.74) is 2.74. The number of morpholine rings is 1. The standard InChI is InChI=1S/C19H19N3O2/c1-14-5-6-19(24-14)18-13-23-9-8-22(18)12-15-11-21-7-3-2-4-17(21)16(15)10-20/h2-7,11,18H,8-9,12-13H2,1H3/t18-/m0/s1. The van der Waals surface area contributed by atoms with Crippen molar-refractivity contribution < 1.29 is 9.15 Å². The zero-order valence-electron chi connectivity index (χ0n) is 13.6. The van der Waals surface area contributed by atoms with Crippen LogP contribution in [0.15, 0.2) is 47.1 Å². The van der Waals surface area contributed by atoms with E-state index in [-0.39, 0.29) is 6.04 Å². The number of rotatable bonds is 3. The molecule has 0 saturated carbocycles. The van der Waals surface area contributed by atoms with Crippen LogP contribution in [-0.2, 0) is 11.3 Å². The van der Waals surface area contributed by atoms with E-state index < -0.39 is 0 Å². The lowest BCUT2D eigenvalue weighted by Crippen LogP contribution is -2.38. The zero-order chi connectivity index (χ0) is 16.5. The molecule has 3 aromatic heterocycles. The number of furan rings is 1. The molecule has 4 rings (SSSR count). The fourth-order valence-electron chi connectivity index (χ4n) is 3.37. The summed E-state index contributed by atoms with van der Waals surface area (Å²) in [6, 6.07) is 12.4. The molecular weight excluding hydrogens is 302 g/mol. The molecule has 0 spiro atoms. The zero-order valence-corrected chi connectivity index (χ0v) is 13.6. The van der Waals surface area contributed by atoms with E-state index in [0.717, 1.165) is 34.7 Å². The summed E-state index contributed by atoms with van der Waals surface area (Å²) in [6.45, 7) is 4.79. The summed E-state index contributed by atoms with van der Waals surface area (Å²) in [5, 5.41) is 9.60. The molecule has 5 nitrogen and oxygen atoms in total. The van der Waals surface area contributed by atoms with E-state index in [9.17, 15) is 5.26 Å². The molecule has 1 fully saturated rings. The van der Waals surface area contributed by atoms with E-state index in [2.05, 4.69) is 11.0 Å². The summed E-state index contributed by atoms with van der Waals surface area (Å²) < 4.78 is 13.5. The summed E-state index contributed by atoms with van der Waals surface area (Å²) in [6.07, 6.45) is 4.03. The number of nitrogens with zero attached hydrogens (tertiary/aromatic N) is 3. The number of hydrogen-bond donors (Lipinski definition) is 0. The Hall–Kier alpha value is -2.55. The van der Waals surface area contributed by atoms with Crippen LogP contribution in [0, 0.1) is 18.3 Å². The highest BCUT2D eigenvalue weighted by Crippen LogP contribution is 2.29. The summed E-state index contributed by atoms with van der Waals surface area (Å²) in [7, 11) is 0. The first-order chi connectivity index (χ1) is 11.8. The molecule has 24 heavy (non-hydrogen) atoms. The summed E-state index contributed by atoms with van der Waals surface area (Å²) >= 11 is 0. The van der Waals surface area contributed by atoms with Crippen LogP contribution in [0.5, 0.6) is 0 Å². The van der Waals surface area contributed by atoms with Gasteiger partial charge >= 0.3 is 0 Å². The molecule has 0 aromatic carbocycles. The van der Waals surface area contributed by atoms with Crippen LogP contribution in [0.4, 0.5) is 0 Å². The second kappa shape index (κ2) is 6.16. The first-order valence-electron chi connectivity index (χ1n) is 8.13. The Bertz CT molecular complexity index is 903. The lowest BCUT2D eigenvalue weighted by Gasteiger charge is -2.34. The highest BCUT2D eigenvalue weighted by molar-refractivity contribution is 5.65. The Kier molecular flexibility index (Phi) is 3.85. The molecular formula is C19H19N3O2. The van der Waals surface area contributed by atoms with Crippen molar-refractivity contribution >= 4 is 5.52 Å². The number of pyridine rings is 1. The van der Waals surface area contributed by atoms with Gasteiger partial charge in [0, 0.05) is 31.0 Å². The predicted molar refractivity (Wildman–Crippen MR) is 89.5 cm³/mol. The SMILES string of the molecule is Cc1ccc([C@@H]2COCCN2Cc2cn3ccccc3c2C#N)o1. The number of aryl methyl sites for hydroxylation is 1. The average molecular weight is 321 g/mol. The predicted octanol–water partition coefficient (Wildman–Crippen LogP) is 3.29. The van der Waals surface area contributed by atoms with Crippen molar-refractivity contribution in [2.24, 2.45) is 0 Å². The van der Waals surface area contributed by atoms with Crippen LogP contribution < -0.4 is 0 Å². The second-order valence-electron chi connectivity index (χ2n) is 6.14. The van der Waals surface area contributed by atoms with Crippen molar-refractivity contribution in [2.75, 3.05) is 19.8 Å². The molecule has 1 aliphatic heterocycles. The van der Waals surface area contributed by atoms with Gasteiger partial charge in [-0.3, -0.25) is 4.90 Å². The molecule has 1 atom stereocenters. The van der Waals surface area contributed by atoms with Gasteiger partial charge in [0.25, 0.3) is 0 Å². The molecule has 0 N–H and O–H groups in total. The average Bonchev–Trinajstić information content (AvgIpc) is 3.18. The van der Waals surface area contributed by atoms with E-state index in [1.165, 1.54) is 0 Å². The fourth-order valence-corrected chi connectivity index (χ4v) is 3.37. The van der Waals surface area contributed by atoms with Crippen LogP contribution in [0.2, 0.25) is 0 Å². The van der Waals surface area contributed by atoms with Gasteiger partial charge in [0.2, 0.25) is 0 Å². The van der Waals surface area contributed by atoms with Crippen molar-refractivity contribution in [1.82, 2.24) is 9.30 Å². The topological polar surface area (TPSA) is 53.8 Å². The molecule has 0 aliphatic carbocycles. The number of ether oxygens (including phenoxy) is 1. The molecule has 0 amide bonds. The van der Waals surface area contributed by atoms with Gasteiger partial charge in [-0.1, -0.05) is 6.07 Å². The lowest BCUT2D eigenvalue weighted by molar-refractivity contribution is -0.0205. The summed E-state index contributed by atoms with van der Waals surface area (Å²) in [4.78, 5) is 2.33. The molecule has 0 unspecified atom stereocenters. The van der Waals surface area contributed by atoms with Gasteiger partial charge < -0.3 is 13.6 Å². The van der Waals surface area contributed by atoms with Crippen LogP contribution >= 0.6 is 0 Å². The molecule has 1 aliphatic rings. The maximum Gasteiger partial charge on any atom is 0.123 e. The highest BCUT2D eigenvalue weighted by Gasteiger charge is 2.28. The van der Waals surface area contributed by atoms with Gasteiger partial charge in [0.05, 0.1) is 30.3 Å². The van der Waals surface area contributed by atoms with E-state index in [0.29, 0.717) is 19.8 Å². The highest BCUT2D eigenvalue weighted by atomic mass is 16.5. The van der Waals surface area contributed by atoms with Crippen LogP contribution in [0.25, 0.3) is 5.52 Å². The fraction of sp³-hybridized carbons (Fsp3) is 0.316. The Balaban J connectivity index is 1.67. The Morgan fingerprint density at radius 3 is 3.00 bits per heavy atom. The lowest BCUT2D eigenvalue weighted by atomic mass is 10.1. The van der Waals surface area contributed by atoms with Crippen LogP contribution in [0.1, 0.15) is 28.7 Å². The van der Waals surface area contributed by atoms with Crippen LogP contribution in [-0.4, -0.2) is 29.1 Å². The van der Waals surface area contributed by atoms with Crippen molar-refractivity contribution in [3.8, 4) is 6.07 Å². The molecule has 5 heteroatoms. The number of hydrogen-bond acceptors (Lipinski definition) is 4. The van der Waals surface area contributed by atoms with E-state index in [1.54, 1.807) is 0 Å². The first kappa shape index (κ1) is 15.0. The van der Waals surface area contributed by atoms with Gasteiger partial charge in [-0.2, -0.15) is 5.26 Å². The van der Waals surface area contributed by atoms with Gasteiger partial charge in [0.1, 0.15) is 17.6 Å². The summed E-state index contributed by atoms with van der Waals surface area (Å²) in [5.74, 6) is 1.83. The number of nitriles is 1. The third-order valence-electron chi connectivity index (χ3n) is 4.58. The van der Waals surface area contributed by atoms with Crippen molar-refractivity contribution in [3.05, 3.63) is 65.4 Å². The molecule has 4 heterocycles. The third kappa shape index (κ3) is 2.60. The Morgan fingerprint density at radius 1 is 1.29 bits per heavy atom. The molecule has 122 valence electrons. The van der Waals surface area contributed by atoms with Crippen LogP contribution in [0.3, 0.4) is 0 Å². The van der Waals surface area contributed by atoms with E-state index >= 15 is 0 Å². The van der Waals surface area contributed by atoms with Crippen molar-refractivity contribution in [2.45, 2.75) is 19.5 Å². The first-order valence-corrected chi connectivity index (χ1v) is 8.13. The normalized spacial score (nSPS) is 18.8. The molecule has 0 radical (unpaired) electrons. The number of aromatic nitrogens is 1. The van der Waals surface area contributed by atoms with Gasteiger partial charge in [-0.25, -0.2) is 0 Å².